The highest BCUT2D eigenvalue weighted by atomic mass is 32.2. The molecule has 6 nitrogen and oxygen atoms in total. The molecular formula is C16H21NO5S. The van der Waals surface area contributed by atoms with Crippen LogP contribution in [0.25, 0.3) is 0 Å². The van der Waals surface area contributed by atoms with E-state index in [4.69, 9.17) is 9.47 Å². The summed E-state index contributed by atoms with van der Waals surface area (Å²) >= 11 is 0. The van der Waals surface area contributed by atoms with E-state index in [1.807, 2.05) is 13.8 Å². The lowest BCUT2D eigenvalue weighted by Gasteiger charge is -2.14. The van der Waals surface area contributed by atoms with Crippen LogP contribution in [0.5, 0.6) is 11.5 Å². The highest BCUT2D eigenvalue weighted by Crippen LogP contribution is 2.53. The maximum atomic E-state index is 12.3. The predicted octanol–water partition coefficient (Wildman–Crippen LogP) is 1.71. The van der Waals surface area contributed by atoms with Crippen molar-refractivity contribution in [3.8, 4) is 11.5 Å². The standard InChI is InChI=1S/C16H21NO5S/c1-9(2)22-12-5-10(4-11(6-12)21-3)17-16(18)15-13-7-23(19,20)8-14(13)15/h4-6,9,13-15H,7-8H2,1-3H3,(H,17,18). The number of benzene rings is 1. The van der Waals surface area contributed by atoms with E-state index >= 15 is 0 Å². The van der Waals surface area contributed by atoms with Crippen LogP contribution in [0.4, 0.5) is 5.69 Å². The van der Waals surface area contributed by atoms with E-state index < -0.39 is 9.84 Å². The van der Waals surface area contributed by atoms with Crippen LogP contribution in [-0.2, 0) is 14.6 Å². The smallest absolute Gasteiger partial charge is 0.228 e. The van der Waals surface area contributed by atoms with Crippen molar-refractivity contribution in [2.75, 3.05) is 23.9 Å². The van der Waals surface area contributed by atoms with E-state index in [1.165, 1.54) is 0 Å². The molecule has 2 aliphatic rings. The van der Waals surface area contributed by atoms with Crippen molar-refractivity contribution in [1.82, 2.24) is 0 Å². The molecule has 1 aromatic carbocycles. The maximum absolute atomic E-state index is 12.3. The molecule has 7 heteroatoms. The highest BCUT2D eigenvalue weighted by Gasteiger charge is 2.61. The molecule has 23 heavy (non-hydrogen) atoms. The highest BCUT2D eigenvalue weighted by molar-refractivity contribution is 7.91. The Balaban J connectivity index is 1.69. The van der Waals surface area contributed by atoms with Gasteiger partial charge in [0, 0.05) is 29.8 Å². The third kappa shape index (κ3) is 3.44. The van der Waals surface area contributed by atoms with Gasteiger partial charge < -0.3 is 14.8 Å². The minimum Gasteiger partial charge on any atom is -0.497 e. The predicted molar refractivity (Wildman–Crippen MR) is 86.5 cm³/mol. The number of fused-ring (bicyclic) bond motifs is 1. The van der Waals surface area contributed by atoms with E-state index in [9.17, 15) is 13.2 Å². The van der Waals surface area contributed by atoms with Crippen LogP contribution in [-0.4, -0.2) is 39.0 Å². The molecule has 126 valence electrons. The molecule has 1 N–H and O–H groups in total. The van der Waals surface area contributed by atoms with Crippen molar-refractivity contribution in [3.63, 3.8) is 0 Å². The van der Waals surface area contributed by atoms with Gasteiger partial charge in [0.05, 0.1) is 24.7 Å². The zero-order valence-electron chi connectivity index (χ0n) is 13.4. The number of amides is 1. The minimum atomic E-state index is -2.94. The second-order valence-corrected chi connectivity index (χ2v) is 8.64. The van der Waals surface area contributed by atoms with Crippen molar-refractivity contribution in [2.24, 2.45) is 17.8 Å². The van der Waals surface area contributed by atoms with E-state index in [1.54, 1.807) is 25.3 Å². The number of carbonyl (C=O) groups excluding carboxylic acids is 1. The summed E-state index contributed by atoms with van der Waals surface area (Å²) in [6.07, 6.45) is 0.0126. The molecule has 0 radical (unpaired) electrons. The molecule has 1 amide bonds. The van der Waals surface area contributed by atoms with Gasteiger partial charge in [-0.05, 0) is 25.7 Å². The number of rotatable bonds is 5. The zero-order valence-corrected chi connectivity index (χ0v) is 14.2. The van der Waals surface area contributed by atoms with Crippen molar-refractivity contribution in [2.45, 2.75) is 20.0 Å². The molecule has 2 unspecified atom stereocenters. The molecule has 1 aromatic rings. The molecule has 1 aliphatic carbocycles. The summed E-state index contributed by atoms with van der Waals surface area (Å²) in [6, 6.07) is 5.23. The summed E-state index contributed by atoms with van der Waals surface area (Å²) in [5, 5.41) is 2.85. The van der Waals surface area contributed by atoms with Crippen LogP contribution in [0.2, 0.25) is 0 Å². The third-order valence-electron chi connectivity index (χ3n) is 4.28. The van der Waals surface area contributed by atoms with Gasteiger partial charge in [-0.3, -0.25) is 4.79 Å². The number of sulfone groups is 1. The maximum Gasteiger partial charge on any atom is 0.228 e. The first kappa shape index (κ1) is 16.1. The number of hydrogen-bond donors (Lipinski definition) is 1. The summed E-state index contributed by atoms with van der Waals surface area (Å²) in [4.78, 5) is 12.3. The Bertz CT molecular complexity index is 710. The monoisotopic (exact) mass is 339 g/mol. The Labute approximate surface area is 136 Å². The first-order valence-electron chi connectivity index (χ1n) is 7.66. The van der Waals surface area contributed by atoms with Crippen LogP contribution < -0.4 is 14.8 Å². The summed E-state index contributed by atoms with van der Waals surface area (Å²) < 4.78 is 33.8. The Morgan fingerprint density at radius 1 is 1.17 bits per heavy atom. The summed E-state index contributed by atoms with van der Waals surface area (Å²) in [6.45, 7) is 3.84. The van der Waals surface area contributed by atoms with E-state index in [2.05, 4.69) is 5.32 Å². The van der Waals surface area contributed by atoms with Crippen molar-refractivity contribution in [3.05, 3.63) is 18.2 Å². The van der Waals surface area contributed by atoms with Gasteiger partial charge in [-0.25, -0.2) is 8.42 Å². The van der Waals surface area contributed by atoms with Gasteiger partial charge in [0.1, 0.15) is 11.5 Å². The SMILES string of the molecule is COc1cc(NC(=O)C2C3CS(=O)(=O)CC32)cc(OC(C)C)c1. The fraction of sp³-hybridized carbons (Fsp3) is 0.562. The van der Waals surface area contributed by atoms with Crippen molar-refractivity contribution >= 4 is 21.4 Å². The van der Waals surface area contributed by atoms with Crippen molar-refractivity contribution in [1.29, 1.82) is 0 Å². The molecule has 0 aromatic heterocycles. The first-order chi connectivity index (χ1) is 10.8. The number of methoxy groups -OCH3 is 1. The number of nitrogens with one attached hydrogen (secondary N) is 1. The summed E-state index contributed by atoms with van der Waals surface area (Å²) in [7, 11) is -1.38. The number of carbonyl (C=O) groups is 1. The summed E-state index contributed by atoms with van der Waals surface area (Å²) in [5.74, 6) is 1.13. The molecular weight excluding hydrogens is 318 g/mol. The Morgan fingerprint density at radius 3 is 2.35 bits per heavy atom. The van der Waals surface area contributed by atoms with E-state index in [0.29, 0.717) is 17.2 Å². The van der Waals surface area contributed by atoms with Crippen molar-refractivity contribution < 1.29 is 22.7 Å². The van der Waals surface area contributed by atoms with E-state index in [-0.39, 0.29) is 41.3 Å². The molecule has 1 heterocycles. The lowest BCUT2D eigenvalue weighted by Crippen LogP contribution is -2.21. The molecule has 1 saturated heterocycles. The van der Waals surface area contributed by atoms with Crippen LogP contribution in [0.1, 0.15) is 13.8 Å². The summed E-state index contributed by atoms with van der Waals surface area (Å²) in [5.41, 5.74) is 0.595. The van der Waals surface area contributed by atoms with Gasteiger partial charge in [-0.2, -0.15) is 0 Å². The van der Waals surface area contributed by atoms with Gasteiger partial charge in [-0.15, -0.1) is 0 Å². The Hall–Kier alpha value is -1.76. The number of hydrogen-bond acceptors (Lipinski definition) is 5. The largest absolute Gasteiger partial charge is 0.497 e. The van der Waals surface area contributed by atoms with Gasteiger partial charge in [0.2, 0.25) is 5.91 Å². The normalized spacial score (nSPS) is 27.4. The van der Waals surface area contributed by atoms with Crippen LogP contribution in [0, 0.1) is 17.8 Å². The quantitative estimate of drug-likeness (QED) is 0.883. The molecule has 0 bridgehead atoms. The molecule has 2 fully saturated rings. The lowest BCUT2D eigenvalue weighted by atomic mass is 10.2. The van der Waals surface area contributed by atoms with Gasteiger partial charge in [0.15, 0.2) is 9.84 Å². The topological polar surface area (TPSA) is 81.7 Å². The number of ether oxygens (including phenoxy) is 2. The second kappa shape index (κ2) is 5.70. The van der Waals surface area contributed by atoms with Gasteiger partial charge in [0.25, 0.3) is 0 Å². The fourth-order valence-electron chi connectivity index (χ4n) is 3.27. The zero-order chi connectivity index (χ0) is 16.8. The lowest BCUT2D eigenvalue weighted by molar-refractivity contribution is -0.117. The molecule has 0 spiro atoms. The second-order valence-electron chi connectivity index (χ2n) is 6.48. The average molecular weight is 339 g/mol. The number of anilines is 1. The Kier molecular flexibility index (Phi) is 4.00. The van der Waals surface area contributed by atoms with Crippen LogP contribution in [0.3, 0.4) is 0 Å². The van der Waals surface area contributed by atoms with Gasteiger partial charge in [-0.1, -0.05) is 0 Å². The van der Waals surface area contributed by atoms with Gasteiger partial charge >= 0.3 is 0 Å². The molecule has 3 rings (SSSR count). The minimum absolute atomic E-state index is 0.0126. The van der Waals surface area contributed by atoms with Crippen LogP contribution in [0.15, 0.2) is 18.2 Å². The Morgan fingerprint density at radius 2 is 1.78 bits per heavy atom. The average Bonchev–Trinajstić information content (AvgIpc) is 2.97. The third-order valence-corrected chi connectivity index (χ3v) is 6.07. The van der Waals surface area contributed by atoms with E-state index in [0.717, 1.165) is 0 Å². The molecule has 1 saturated carbocycles. The first-order valence-corrected chi connectivity index (χ1v) is 9.48. The van der Waals surface area contributed by atoms with Crippen LogP contribution >= 0.6 is 0 Å². The molecule has 1 aliphatic heterocycles. The molecule has 2 atom stereocenters. The fourth-order valence-corrected chi connectivity index (χ4v) is 5.49.